The molecule has 9 heteroatoms. The Morgan fingerprint density at radius 3 is 2.68 bits per heavy atom. The Morgan fingerprint density at radius 1 is 1.15 bits per heavy atom. The molecule has 34 heavy (non-hydrogen) atoms. The number of likely N-dealkylation sites (tertiary alicyclic amines) is 1. The minimum absolute atomic E-state index is 0.0570. The Hall–Kier alpha value is -2.33. The summed E-state index contributed by atoms with van der Waals surface area (Å²) in [5.74, 6) is 0.831. The van der Waals surface area contributed by atoms with Crippen molar-refractivity contribution in [2.24, 2.45) is 0 Å². The molecule has 1 aliphatic heterocycles. The Balaban J connectivity index is 1.66. The third-order valence-corrected chi connectivity index (χ3v) is 8.48. The van der Waals surface area contributed by atoms with Crippen molar-refractivity contribution < 1.29 is 4.74 Å². The average Bonchev–Trinajstić information content (AvgIpc) is 3.41. The molecule has 0 saturated carbocycles. The molecule has 4 aromatic rings. The fourth-order valence-corrected chi connectivity index (χ4v) is 6.82. The van der Waals surface area contributed by atoms with Crippen molar-refractivity contribution >= 4 is 44.2 Å². The normalized spacial score (nSPS) is 15.5. The minimum atomic E-state index is -0.163. The molecule has 1 aliphatic rings. The molecule has 1 fully saturated rings. The molecule has 0 N–H and O–H groups in total. The van der Waals surface area contributed by atoms with E-state index in [9.17, 15) is 4.79 Å². The summed E-state index contributed by atoms with van der Waals surface area (Å²) in [7, 11) is 1.65. The van der Waals surface area contributed by atoms with Crippen LogP contribution in [-0.2, 0) is 11.3 Å². The van der Waals surface area contributed by atoms with E-state index in [1.807, 2.05) is 31.2 Å². The third-order valence-electron chi connectivity index (χ3n) is 6.42. The molecule has 1 aromatic carbocycles. The van der Waals surface area contributed by atoms with Crippen molar-refractivity contribution in [2.45, 2.75) is 56.4 Å². The van der Waals surface area contributed by atoms with Crippen molar-refractivity contribution in [3.8, 4) is 0 Å². The molecule has 5 rings (SSSR count). The highest BCUT2D eigenvalue weighted by molar-refractivity contribution is 7.99. The van der Waals surface area contributed by atoms with Gasteiger partial charge in [0, 0.05) is 17.4 Å². The molecule has 3 aromatic heterocycles. The van der Waals surface area contributed by atoms with Crippen molar-refractivity contribution in [3.05, 3.63) is 50.9 Å². The average molecular weight is 496 g/mol. The van der Waals surface area contributed by atoms with Gasteiger partial charge in [-0.1, -0.05) is 12.1 Å². The van der Waals surface area contributed by atoms with Crippen molar-refractivity contribution in [3.63, 3.8) is 0 Å². The molecule has 0 spiro atoms. The van der Waals surface area contributed by atoms with Gasteiger partial charge in [0.05, 0.1) is 30.1 Å². The first-order valence-corrected chi connectivity index (χ1v) is 13.3. The quantitative estimate of drug-likeness (QED) is 0.265. The maximum Gasteiger partial charge on any atom is 0.262 e. The van der Waals surface area contributed by atoms with Crippen LogP contribution in [0, 0.1) is 13.8 Å². The van der Waals surface area contributed by atoms with E-state index in [-0.39, 0.29) is 11.6 Å². The molecular formula is C25H29N5O2S2. The van der Waals surface area contributed by atoms with Crippen LogP contribution in [0.4, 0.5) is 0 Å². The largest absolute Gasteiger partial charge is 0.383 e. The molecule has 1 saturated heterocycles. The van der Waals surface area contributed by atoms with Gasteiger partial charge >= 0.3 is 0 Å². The van der Waals surface area contributed by atoms with Gasteiger partial charge in [-0.3, -0.25) is 14.3 Å². The summed E-state index contributed by atoms with van der Waals surface area (Å²) < 4.78 is 7.14. The third kappa shape index (κ3) is 4.37. The zero-order valence-electron chi connectivity index (χ0n) is 20.0. The molecule has 178 valence electrons. The molecule has 0 aliphatic carbocycles. The molecule has 1 atom stereocenters. The van der Waals surface area contributed by atoms with Crippen LogP contribution in [0.1, 0.15) is 42.1 Å². The van der Waals surface area contributed by atoms with Crippen molar-refractivity contribution in [1.82, 2.24) is 24.4 Å². The molecule has 0 amide bonds. The van der Waals surface area contributed by atoms with E-state index in [1.54, 1.807) is 23.0 Å². The number of hydrogen-bond donors (Lipinski definition) is 0. The van der Waals surface area contributed by atoms with Crippen LogP contribution < -0.4 is 5.56 Å². The molecule has 7 nitrogen and oxygen atoms in total. The second kappa shape index (κ2) is 9.73. The van der Waals surface area contributed by atoms with Gasteiger partial charge < -0.3 is 4.74 Å². The van der Waals surface area contributed by atoms with E-state index in [0.717, 1.165) is 40.7 Å². The summed E-state index contributed by atoms with van der Waals surface area (Å²) in [6.07, 6.45) is 2.46. The molecule has 4 heterocycles. The van der Waals surface area contributed by atoms with E-state index in [1.165, 1.54) is 35.0 Å². The van der Waals surface area contributed by atoms with E-state index in [0.29, 0.717) is 22.7 Å². The van der Waals surface area contributed by atoms with E-state index >= 15 is 0 Å². The first-order chi connectivity index (χ1) is 16.5. The number of aromatic nitrogens is 4. The van der Waals surface area contributed by atoms with Crippen LogP contribution in [0.25, 0.3) is 21.1 Å². The van der Waals surface area contributed by atoms with Gasteiger partial charge in [-0.2, -0.15) is 0 Å². The van der Waals surface area contributed by atoms with Gasteiger partial charge in [0.25, 0.3) is 5.56 Å². The smallest absolute Gasteiger partial charge is 0.262 e. The van der Waals surface area contributed by atoms with E-state index in [2.05, 4.69) is 18.7 Å². The zero-order valence-corrected chi connectivity index (χ0v) is 21.6. The summed E-state index contributed by atoms with van der Waals surface area (Å²) >= 11 is 3.17. The molecule has 0 radical (unpaired) electrons. The first kappa shape index (κ1) is 23.4. The first-order valence-electron chi connectivity index (χ1n) is 11.6. The maximum atomic E-state index is 13.5. The highest BCUT2D eigenvalue weighted by Gasteiger charge is 2.22. The lowest BCUT2D eigenvalue weighted by Crippen LogP contribution is -2.28. The number of benzene rings is 1. The molecule has 0 unspecified atom stereocenters. The Bertz CT molecular complexity index is 1410. The predicted molar refractivity (Wildman–Crippen MR) is 138 cm³/mol. The summed E-state index contributed by atoms with van der Waals surface area (Å²) in [6, 6.07) is 7.35. The van der Waals surface area contributed by atoms with E-state index in [4.69, 9.17) is 19.7 Å². The summed E-state index contributed by atoms with van der Waals surface area (Å²) in [5, 5.41) is 3.16. The minimum Gasteiger partial charge on any atom is -0.383 e. The van der Waals surface area contributed by atoms with Gasteiger partial charge in [-0.05, 0) is 76.2 Å². The number of thiophene rings is 1. The van der Waals surface area contributed by atoms with Crippen LogP contribution in [0.2, 0.25) is 0 Å². The number of aryl methyl sites for hydroxylation is 2. The highest BCUT2D eigenvalue weighted by Crippen LogP contribution is 2.38. The number of methoxy groups -OCH3 is 1. The number of para-hydroxylation sites is 1. The zero-order chi connectivity index (χ0) is 23.8. The topological polar surface area (TPSA) is 73.1 Å². The van der Waals surface area contributed by atoms with Gasteiger partial charge in [-0.15, -0.1) is 11.3 Å². The Labute approximate surface area is 207 Å². The maximum absolute atomic E-state index is 13.5. The highest BCUT2D eigenvalue weighted by atomic mass is 32.2. The Morgan fingerprint density at radius 2 is 1.91 bits per heavy atom. The van der Waals surface area contributed by atoms with Crippen LogP contribution in [0.15, 0.2) is 39.2 Å². The number of nitrogens with zero attached hydrogens (tertiary/aromatic N) is 5. The number of ether oxygens (including phenoxy) is 1. The van der Waals surface area contributed by atoms with Crippen LogP contribution in [0.5, 0.6) is 0 Å². The van der Waals surface area contributed by atoms with Crippen LogP contribution >= 0.6 is 23.1 Å². The standard InChI is InChI=1S/C25H29N5O2S2/c1-15(14-32-4)30-24(31)18-9-5-6-10-19(18)26-25(30)34-23-21-16(2)17(3)33-22(21)27-20(28-23)13-29-11-7-8-12-29/h5-6,9-10,15H,7-8,11-14H2,1-4H3/t15-/m1/s1. The number of hydrogen-bond acceptors (Lipinski definition) is 8. The number of rotatable bonds is 7. The second-order valence-corrected chi connectivity index (χ2v) is 11.0. The van der Waals surface area contributed by atoms with Crippen molar-refractivity contribution in [2.75, 3.05) is 26.8 Å². The van der Waals surface area contributed by atoms with Crippen molar-refractivity contribution in [1.29, 1.82) is 0 Å². The lowest BCUT2D eigenvalue weighted by atomic mass is 10.2. The fourth-order valence-electron chi connectivity index (χ4n) is 4.53. The predicted octanol–water partition coefficient (Wildman–Crippen LogP) is 4.97. The van der Waals surface area contributed by atoms with Gasteiger partial charge in [-0.25, -0.2) is 15.0 Å². The lowest BCUT2D eigenvalue weighted by molar-refractivity contribution is 0.156. The Kier molecular flexibility index (Phi) is 6.70. The van der Waals surface area contributed by atoms with Gasteiger partial charge in [0.1, 0.15) is 15.7 Å². The lowest BCUT2D eigenvalue weighted by Gasteiger charge is -2.19. The summed E-state index contributed by atoms with van der Waals surface area (Å²) in [6.45, 7) is 9.58. The number of fused-ring (bicyclic) bond motifs is 2. The van der Waals surface area contributed by atoms with Gasteiger partial charge in [0.2, 0.25) is 0 Å². The monoisotopic (exact) mass is 495 g/mol. The summed E-state index contributed by atoms with van der Waals surface area (Å²) in [5.41, 5.74) is 1.82. The molecule has 0 bridgehead atoms. The van der Waals surface area contributed by atoms with Crippen LogP contribution in [-0.4, -0.2) is 51.2 Å². The second-order valence-electron chi connectivity index (χ2n) is 8.88. The summed E-state index contributed by atoms with van der Waals surface area (Å²) in [4.78, 5) is 33.0. The molecular weight excluding hydrogens is 466 g/mol. The van der Waals surface area contributed by atoms with E-state index < -0.39 is 0 Å². The van der Waals surface area contributed by atoms with Gasteiger partial charge in [0.15, 0.2) is 5.16 Å². The fraction of sp³-hybridized carbons (Fsp3) is 0.440. The SMILES string of the molecule is COC[C@@H](C)n1c(Sc2nc(CN3CCCC3)nc3sc(C)c(C)c23)nc2ccccc2c1=O. The van der Waals surface area contributed by atoms with Crippen LogP contribution in [0.3, 0.4) is 0 Å².